The fourth-order valence-electron chi connectivity index (χ4n) is 10.3. The molecule has 3 aliphatic carbocycles. The Bertz CT molecular complexity index is 1930. The number of likely N-dealkylation sites (N-methyl/N-ethyl adjacent to an activating group) is 2. The minimum atomic E-state index is -0.915. The number of carbonyl (C=O) groups is 2. The van der Waals surface area contributed by atoms with Gasteiger partial charge in [0.1, 0.15) is 17.9 Å². The number of hydrogen-bond acceptors (Lipinski definition) is 10. The first-order valence-electron chi connectivity index (χ1n) is 22.0. The predicted molar refractivity (Wildman–Crippen MR) is 243 cm³/mol. The lowest BCUT2D eigenvalue weighted by atomic mass is 9.45. The van der Waals surface area contributed by atoms with Gasteiger partial charge in [0.05, 0.1) is 26.4 Å². The summed E-state index contributed by atoms with van der Waals surface area (Å²) in [4.78, 5) is 39.2. The monoisotopic (exact) mass is 860 g/mol. The highest BCUT2D eigenvalue weighted by atomic mass is 35.5. The van der Waals surface area contributed by atoms with E-state index in [9.17, 15) is 19.8 Å². The van der Waals surface area contributed by atoms with Gasteiger partial charge in [0, 0.05) is 72.4 Å². The Morgan fingerprint density at radius 2 is 1.80 bits per heavy atom. The molecule has 3 aromatic rings. The van der Waals surface area contributed by atoms with Crippen molar-refractivity contribution in [3.8, 4) is 16.9 Å². The Morgan fingerprint density at radius 1 is 1.05 bits per heavy atom. The average Bonchev–Trinajstić information content (AvgIpc) is 3.60. The summed E-state index contributed by atoms with van der Waals surface area (Å²) in [5, 5.41) is 33.3. The number of nitrogens with zero attached hydrogens (tertiary/aromatic N) is 3. The van der Waals surface area contributed by atoms with Crippen molar-refractivity contribution in [2.24, 2.45) is 29.1 Å². The van der Waals surface area contributed by atoms with E-state index in [1.54, 1.807) is 19.1 Å². The fraction of sp³-hybridized carbons (Fsp3) is 0.583. The van der Waals surface area contributed by atoms with Crippen LogP contribution in [-0.2, 0) is 22.6 Å². The number of carbonyl (C=O) groups excluding carboxylic acids is 2. The highest BCUT2D eigenvalue weighted by Gasteiger charge is 2.57. The van der Waals surface area contributed by atoms with E-state index in [0.29, 0.717) is 54.5 Å². The highest BCUT2D eigenvalue weighted by Crippen LogP contribution is 2.61. The quantitative estimate of drug-likeness (QED) is 0.0926. The van der Waals surface area contributed by atoms with Crippen LogP contribution in [0.2, 0.25) is 0 Å². The van der Waals surface area contributed by atoms with E-state index in [1.165, 1.54) is 6.42 Å². The van der Waals surface area contributed by atoms with Crippen LogP contribution in [0.4, 0.5) is 5.69 Å². The molecule has 1 aliphatic heterocycles. The standard InChI is InChI=1S/C48H69ClN6O6/c1-30-40-25-36(48(40,3)4)26-41(30)52-47(59)44-43(31(2)57)42(29-56)61-55(44)27-33-15-12-16-39(45(33)60-8)34-22-35(24-37(23-34)50-18-20-54(7)19-17-49)46(58)51-38(28-53(5)6)21-32-13-10-9-11-14-32/h9-16,22-24,30-31,36,38,40-44,50,56-57H,17-21,25-29H2,1-8H3,(H,51,58)(H,52,59)/t30-,31-,36+,38-,40-,41-,42-,43-,44-/m0/s1. The lowest BCUT2D eigenvalue weighted by Gasteiger charge is -2.62. The first-order valence-corrected chi connectivity index (χ1v) is 22.5. The molecule has 3 aromatic carbocycles. The van der Waals surface area contributed by atoms with Gasteiger partial charge in [0.2, 0.25) is 5.91 Å². The Kier molecular flexibility index (Phi) is 15.8. The summed E-state index contributed by atoms with van der Waals surface area (Å²) in [5.74, 6) is 1.48. The largest absolute Gasteiger partial charge is 0.496 e. The molecule has 2 amide bonds. The number of methoxy groups -OCH3 is 1. The molecule has 0 radical (unpaired) electrons. The smallest absolute Gasteiger partial charge is 0.251 e. The minimum Gasteiger partial charge on any atom is -0.496 e. The summed E-state index contributed by atoms with van der Waals surface area (Å²) >= 11 is 6.00. The maximum atomic E-state index is 14.4. The number of fused-ring (bicyclic) bond motifs is 2. The number of amides is 2. The number of para-hydroxylation sites is 1. The second-order valence-electron chi connectivity index (χ2n) is 18.6. The van der Waals surface area contributed by atoms with Crippen molar-refractivity contribution in [2.75, 3.05) is 72.2 Å². The van der Waals surface area contributed by atoms with Gasteiger partial charge in [-0.2, -0.15) is 5.06 Å². The molecule has 3 saturated carbocycles. The Balaban J connectivity index is 1.30. The van der Waals surface area contributed by atoms with Crippen molar-refractivity contribution in [2.45, 2.75) is 83.8 Å². The van der Waals surface area contributed by atoms with Crippen molar-refractivity contribution in [1.29, 1.82) is 0 Å². The third-order valence-electron chi connectivity index (χ3n) is 13.7. The number of aliphatic hydroxyl groups excluding tert-OH is 2. The van der Waals surface area contributed by atoms with Crippen molar-refractivity contribution < 1.29 is 29.4 Å². The van der Waals surface area contributed by atoms with E-state index in [2.05, 4.69) is 58.7 Å². The Labute approximate surface area is 368 Å². The van der Waals surface area contributed by atoms with Crippen molar-refractivity contribution >= 4 is 29.1 Å². The zero-order chi connectivity index (χ0) is 44.0. The summed E-state index contributed by atoms with van der Waals surface area (Å²) < 4.78 is 6.16. The molecular weight excluding hydrogens is 792 g/mol. The van der Waals surface area contributed by atoms with Gasteiger partial charge >= 0.3 is 0 Å². The molecule has 334 valence electrons. The first kappa shape index (κ1) is 46.7. The molecule has 1 saturated heterocycles. The third-order valence-corrected chi connectivity index (χ3v) is 13.9. The zero-order valence-corrected chi connectivity index (χ0v) is 38.1. The van der Waals surface area contributed by atoms with E-state index in [-0.39, 0.29) is 42.5 Å². The van der Waals surface area contributed by atoms with Crippen LogP contribution in [0, 0.1) is 29.1 Å². The van der Waals surface area contributed by atoms with Crippen molar-refractivity contribution in [3.63, 3.8) is 0 Å². The van der Waals surface area contributed by atoms with Crippen LogP contribution in [0.3, 0.4) is 0 Å². The number of alkyl halides is 1. The molecule has 61 heavy (non-hydrogen) atoms. The van der Waals surface area contributed by atoms with Gasteiger partial charge < -0.3 is 40.7 Å². The summed E-state index contributed by atoms with van der Waals surface area (Å²) in [6, 6.07) is 20.8. The van der Waals surface area contributed by atoms with E-state index < -0.39 is 24.2 Å². The summed E-state index contributed by atoms with van der Waals surface area (Å²) in [5.41, 5.74) is 4.98. The normalized spacial score (nSPS) is 25.5. The lowest BCUT2D eigenvalue weighted by Crippen LogP contribution is -2.62. The molecule has 0 spiro atoms. The number of nitrogens with one attached hydrogen (secondary N) is 3. The highest BCUT2D eigenvalue weighted by molar-refractivity contribution is 6.18. The molecule has 13 heteroatoms. The van der Waals surface area contributed by atoms with Gasteiger partial charge in [-0.25, -0.2) is 0 Å². The summed E-state index contributed by atoms with van der Waals surface area (Å²) in [7, 11) is 7.64. The van der Waals surface area contributed by atoms with Gasteiger partial charge in [-0.15, -0.1) is 11.6 Å². The SMILES string of the molecule is COc1c(CN2O[C@@H](CO)[C@H]([C@H](C)O)[C@H]2C(=O)N[C@H]2C[C@H]3C[C@@H]([C@@H]2C)C3(C)C)cccc1-c1cc(NCCN(C)CCCl)cc(C(=O)N[C@@H](Cc2ccccc2)CN(C)C)c1. The molecule has 0 unspecified atom stereocenters. The topological polar surface area (TPSA) is 139 Å². The average molecular weight is 862 g/mol. The molecule has 5 N–H and O–H groups in total. The second kappa shape index (κ2) is 20.6. The first-order chi connectivity index (χ1) is 29.1. The molecule has 2 bridgehead atoms. The maximum Gasteiger partial charge on any atom is 0.251 e. The van der Waals surface area contributed by atoms with E-state index in [0.717, 1.165) is 47.5 Å². The number of hydroxylamine groups is 2. The second-order valence-corrected chi connectivity index (χ2v) is 19.0. The summed E-state index contributed by atoms with van der Waals surface area (Å²) in [6.45, 7) is 11.2. The van der Waals surface area contributed by atoms with E-state index in [4.69, 9.17) is 21.2 Å². The van der Waals surface area contributed by atoms with Crippen molar-refractivity contribution in [3.05, 3.63) is 83.4 Å². The van der Waals surface area contributed by atoms with Crippen LogP contribution in [0.5, 0.6) is 5.75 Å². The van der Waals surface area contributed by atoms with Crippen LogP contribution in [-0.4, -0.2) is 134 Å². The minimum absolute atomic E-state index is 0.0244. The van der Waals surface area contributed by atoms with Gasteiger partial charge in [0.15, 0.2) is 0 Å². The van der Waals surface area contributed by atoms with Crippen LogP contribution >= 0.6 is 11.6 Å². The number of hydrogen-bond donors (Lipinski definition) is 5. The number of anilines is 1. The number of aliphatic hydroxyl groups is 2. The van der Waals surface area contributed by atoms with E-state index >= 15 is 0 Å². The Morgan fingerprint density at radius 3 is 2.44 bits per heavy atom. The van der Waals surface area contributed by atoms with Crippen LogP contribution in [0.1, 0.15) is 62.0 Å². The van der Waals surface area contributed by atoms with Gasteiger partial charge in [0.25, 0.3) is 5.91 Å². The third kappa shape index (κ3) is 10.9. The number of ether oxygens (including phenoxy) is 1. The van der Waals surface area contributed by atoms with Crippen LogP contribution in [0.25, 0.3) is 11.1 Å². The molecule has 0 aromatic heterocycles. The molecule has 7 rings (SSSR count). The van der Waals surface area contributed by atoms with Gasteiger partial charge in [-0.05, 0) is 99.8 Å². The molecular formula is C48H69ClN6O6. The van der Waals surface area contributed by atoms with E-state index in [1.807, 2.05) is 75.7 Å². The zero-order valence-electron chi connectivity index (χ0n) is 37.4. The maximum absolute atomic E-state index is 14.4. The molecule has 4 aliphatic rings. The molecule has 1 heterocycles. The van der Waals surface area contributed by atoms with Gasteiger partial charge in [-0.3, -0.25) is 14.4 Å². The van der Waals surface area contributed by atoms with Crippen LogP contribution < -0.4 is 20.7 Å². The molecule has 12 nitrogen and oxygen atoms in total. The lowest BCUT2D eigenvalue weighted by molar-refractivity contribution is -0.183. The number of benzene rings is 3. The summed E-state index contributed by atoms with van der Waals surface area (Å²) in [6.07, 6.45) is 1.11. The predicted octanol–water partition coefficient (Wildman–Crippen LogP) is 5.51. The van der Waals surface area contributed by atoms with Gasteiger partial charge in [-0.1, -0.05) is 69.3 Å². The van der Waals surface area contributed by atoms with Crippen LogP contribution in [0.15, 0.2) is 66.7 Å². The fourth-order valence-corrected chi connectivity index (χ4v) is 10.6. The Hall–Kier alpha value is -3.75. The number of halogens is 1. The number of rotatable bonds is 20. The molecule has 4 fully saturated rings. The van der Waals surface area contributed by atoms with Crippen molar-refractivity contribution in [1.82, 2.24) is 25.5 Å². The molecule has 9 atom stereocenters.